The first-order valence-electron chi connectivity index (χ1n) is 7.03. The van der Waals surface area contributed by atoms with Crippen molar-refractivity contribution in [3.05, 3.63) is 68.3 Å². The van der Waals surface area contributed by atoms with Crippen molar-refractivity contribution in [1.29, 1.82) is 0 Å². The number of halogens is 3. The van der Waals surface area contributed by atoms with Gasteiger partial charge < -0.3 is 10.1 Å². The van der Waals surface area contributed by atoms with Crippen LogP contribution >= 0.6 is 47.2 Å². The van der Waals surface area contributed by atoms with Gasteiger partial charge in [0.15, 0.2) is 0 Å². The minimum Gasteiger partial charge on any atom is -0.487 e. The number of ether oxygens (including phenoxy) is 1. The Morgan fingerprint density at radius 1 is 1.24 bits per heavy atom. The summed E-state index contributed by atoms with van der Waals surface area (Å²) in [6.07, 6.45) is 1.62. The maximum absolute atomic E-state index is 13.0. The Bertz CT molecular complexity index is 885. The minimum absolute atomic E-state index is 0.190. The van der Waals surface area contributed by atoms with Gasteiger partial charge in [-0.15, -0.1) is 0 Å². The van der Waals surface area contributed by atoms with E-state index < -0.39 is 0 Å². The van der Waals surface area contributed by atoms with E-state index >= 15 is 0 Å². The molecule has 1 aliphatic heterocycles. The maximum atomic E-state index is 13.0. The molecule has 0 aliphatic carbocycles. The molecule has 0 bridgehead atoms. The number of rotatable bonds is 4. The normalized spacial score (nSPS) is 15.6. The van der Waals surface area contributed by atoms with E-state index in [-0.39, 0.29) is 18.3 Å². The first-order valence-corrected chi connectivity index (χ1v) is 9.01. The van der Waals surface area contributed by atoms with Crippen LogP contribution in [0.25, 0.3) is 6.08 Å². The van der Waals surface area contributed by atoms with Crippen LogP contribution in [0.3, 0.4) is 0 Å². The Morgan fingerprint density at radius 2 is 1.96 bits per heavy atom. The molecule has 0 atom stereocenters. The molecule has 0 saturated carbocycles. The van der Waals surface area contributed by atoms with E-state index in [1.54, 1.807) is 30.3 Å². The third-order valence-corrected chi connectivity index (χ3v) is 4.92. The first-order chi connectivity index (χ1) is 11.9. The second kappa shape index (κ2) is 7.74. The molecule has 2 aromatic rings. The highest BCUT2D eigenvalue weighted by Crippen LogP contribution is 2.36. The molecule has 0 radical (unpaired) electrons. The van der Waals surface area contributed by atoms with E-state index in [1.165, 1.54) is 12.1 Å². The number of carbonyl (C=O) groups is 1. The van der Waals surface area contributed by atoms with Crippen molar-refractivity contribution in [2.45, 2.75) is 6.61 Å². The number of benzene rings is 2. The molecule has 8 heteroatoms. The van der Waals surface area contributed by atoms with Crippen LogP contribution in [0.15, 0.2) is 41.3 Å². The van der Waals surface area contributed by atoms with Crippen LogP contribution < -0.4 is 10.1 Å². The predicted molar refractivity (Wildman–Crippen MR) is 104 cm³/mol. The van der Waals surface area contributed by atoms with E-state index in [4.69, 9.17) is 40.2 Å². The summed E-state index contributed by atoms with van der Waals surface area (Å²) in [5.74, 6) is -0.219. The number of hydrogen-bond donors (Lipinski definition) is 1. The number of hydrogen-bond acceptors (Lipinski definition) is 4. The highest BCUT2D eigenvalue weighted by molar-refractivity contribution is 8.26. The summed E-state index contributed by atoms with van der Waals surface area (Å²) in [5.41, 5.74) is 1.34. The van der Waals surface area contributed by atoms with Crippen LogP contribution in [0.5, 0.6) is 5.75 Å². The summed E-state index contributed by atoms with van der Waals surface area (Å²) in [6.45, 7) is 0.190. The Morgan fingerprint density at radius 3 is 2.60 bits per heavy atom. The standard InChI is InChI=1S/C17H10Cl2FNO2S2/c18-11-5-10(6-14-16(22)21-17(24)25-14)15(13(19)7-11)23-8-9-1-3-12(20)4-2-9/h1-7H,8H2,(H,21,22,24)/b14-6-. The maximum Gasteiger partial charge on any atom is 0.263 e. The van der Waals surface area contributed by atoms with Gasteiger partial charge in [0.25, 0.3) is 5.91 Å². The highest BCUT2D eigenvalue weighted by atomic mass is 35.5. The highest BCUT2D eigenvalue weighted by Gasteiger charge is 2.23. The van der Waals surface area contributed by atoms with Gasteiger partial charge in [-0.25, -0.2) is 4.39 Å². The second-order valence-corrected chi connectivity index (χ2v) is 7.64. The largest absolute Gasteiger partial charge is 0.487 e. The van der Waals surface area contributed by atoms with Gasteiger partial charge in [0.05, 0.1) is 9.93 Å². The van der Waals surface area contributed by atoms with Crippen LogP contribution in [-0.2, 0) is 11.4 Å². The average Bonchev–Trinajstić information content (AvgIpc) is 2.85. The number of thiocarbonyl (C=S) groups is 1. The van der Waals surface area contributed by atoms with Crippen LogP contribution in [0.1, 0.15) is 11.1 Å². The topological polar surface area (TPSA) is 38.3 Å². The van der Waals surface area contributed by atoms with E-state index in [2.05, 4.69) is 5.32 Å². The van der Waals surface area contributed by atoms with Gasteiger partial charge in [-0.2, -0.15) is 0 Å². The molecule has 128 valence electrons. The molecule has 0 spiro atoms. The molecule has 1 aliphatic rings. The van der Waals surface area contributed by atoms with E-state index in [0.29, 0.717) is 30.6 Å². The predicted octanol–water partition coefficient (Wildman–Crippen LogP) is 5.20. The van der Waals surface area contributed by atoms with Crippen LogP contribution in [-0.4, -0.2) is 10.2 Å². The van der Waals surface area contributed by atoms with Crippen LogP contribution in [0.2, 0.25) is 10.0 Å². The quantitative estimate of drug-likeness (QED) is 0.551. The van der Waals surface area contributed by atoms with E-state index in [0.717, 1.165) is 17.3 Å². The molecule has 1 fully saturated rings. The Kier molecular flexibility index (Phi) is 5.64. The van der Waals surface area contributed by atoms with Gasteiger partial charge in [-0.05, 0) is 35.9 Å². The lowest BCUT2D eigenvalue weighted by atomic mass is 10.1. The summed E-state index contributed by atoms with van der Waals surface area (Å²) in [7, 11) is 0. The van der Waals surface area contributed by atoms with Crippen molar-refractivity contribution in [1.82, 2.24) is 5.32 Å². The van der Waals surface area contributed by atoms with Gasteiger partial charge in [0.1, 0.15) is 22.5 Å². The van der Waals surface area contributed by atoms with E-state index in [9.17, 15) is 9.18 Å². The lowest BCUT2D eigenvalue weighted by Crippen LogP contribution is -2.17. The smallest absolute Gasteiger partial charge is 0.263 e. The summed E-state index contributed by atoms with van der Waals surface area (Å²) in [5, 5.41) is 3.27. The summed E-state index contributed by atoms with van der Waals surface area (Å²) in [6, 6.07) is 9.15. The lowest BCUT2D eigenvalue weighted by Gasteiger charge is -2.12. The zero-order valence-electron chi connectivity index (χ0n) is 12.5. The fourth-order valence-electron chi connectivity index (χ4n) is 2.14. The zero-order chi connectivity index (χ0) is 18.0. The molecule has 1 saturated heterocycles. The van der Waals surface area contributed by atoms with Crippen molar-refractivity contribution in [3.8, 4) is 5.75 Å². The van der Waals surface area contributed by atoms with Crippen molar-refractivity contribution in [3.63, 3.8) is 0 Å². The number of nitrogens with one attached hydrogen (secondary N) is 1. The summed E-state index contributed by atoms with van der Waals surface area (Å²) < 4.78 is 19.2. The number of thioether (sulfide) groups is 1. The molecule has 1 amide bonds. The molecule has 3 rings (SSSR count). The fourth-order valence-corrected chi connectivity index (χ4v) is 3.74. The SMILES string of the molecule is O=C1NC(=S)S/C1=C\c1cc(Cl)cc(Cl)c1OCc1ccc(F)cc1. The Labute approximate surface area is 163 Å². The lowest BCUT2D eigenvalue weighted by molar-refractivity contribution is -0.115. The van der Waals surface area contributed by atoms with Crippen LogP contribution in [0.4, 0.5) is 4.39 Å². The van der Waals surface area contributed by atoms with Crippen LogP contribution in [0, 0.1) is 5.82 Å². The van der Waals surface area contributed by atoms with Crippen molar-refractivity contribution >= 4 is 63.5 Å². The fraction of sp³-hybridized carbons (Fsp3) is 0.0588. The Hall–Kier alpha value is -1.60. The minimum atomic E-state index is -0.320. The van der Waals surface area contributed by atoms with Crippen molar-refractivity contribution in [2.75, 3.05) is 0 Å². The Balaban J connectivity index is 1.90. The van der Waals surface area contributed by atoms with Gasteiger partial charge in [-0.3, -0.25) is 4.79 Å². The first kappa shape index (κ1) is 18.2. The monoisotopic (exact) mass is 413 g/mol. The summed E-state index contributed by atoms with van der Waals surface area (Å²) >= 11 is 18.4. The van der Waals surface area contributed by atoms with Crippen molar-refractivity contribution < 1.29 is 13.9 Å². The molecule has 0 aromatic heterocycles. The molecule has 1 heterocycles. The average molecular weight is 414 g/mol. The molecule has 1 N–H and O–H groups in total. The molecular weight excluding hydrogens is 404 g/mol. The molecule has 2 aromatic carbocycles. The van der Waals surface area contributed by atoms with Gasteiger partial charge in [0.2, 0.25) is 0 Å². The number of amides is 1. The molecule has 25 heavy (non-hydrogen) atoms. The third-order valence-electron chi connectivity index (χ3n) is 3.26. The zero-order valence-corrected chi connectivity index (χ0v) is 15.7. The summed E-state index contributed by atoms with van der Waals surface area (Å²) in [4.78, 5) is 12.3. The molecule has 0 unspecified atom stereocenters. The van der Waals surface area contributed by atoms with Crippen molar-refractivity contribution in [2.24, 2.45) is 0 Å². The third kappa shape index (κ3) is 4.52. The van der Waals surface area contributed by atoms with E-state index in [1.807, 2.05) is 0 Å². The van der Waals surface area contributed by atoms with Gasteiger partial charge in [0, 0.05) is 10.6 Å². The second-order valence-electron chi connectivity index (χ2n) is 5.07. The van der Waals surface area contributed by atoms with Gasteiger partial charge >= 0.3 is 0 Å². The number of carbonyl (C=O) groups excluding carboxylic acids is 1. The molecule has 3 nitrogen and oxygen atoms in total. The molecular formula is C17H10Cl2FNO2S2. The van der Waals surface area contributed by atoms with Gasteiger partial charge in [-0.1, -0.05) is 59.3 Å².